The van der Waals surface area contributed by atoms with Crippen LogP contribution in [0, 0.1) is 0 Å². The number of hydrogen-bond acceptors (Lipinski definition) is 4. The molecule has 2 unspecified atom stereocenters. The average Bonchev–Trinajstić information content (AvgIpc) is 2.35. The summed E-state index contributed by atoms with van der Waals surface area (Å²) < 4.78 is 16.0. The van der Waals surface area contributed by atoms with Crippen LogP contribution in [0.2, 0.25) is 0 Å². The predicted molar refractivity (Wildman–Crippen MR) is 71.8 cm³/mol. The minimum absolute atomic E-state index is 0.0120. The minimum Gasteiger partial charge on any atom is -0.480 e. The Morgan fingerprint density at radius 1 is 1.35 bits per heavy atom. The number of alkyl carbamates (subject to hydrolysis) is 1. The molecule has 20 heavy (non-hydrogen) atoms. The first-order valence-electron chi connectivity index (χ1n) is 5.77. The lowest BCUT2D eigenvalue weighted by Crippen LogP contribution is -2.43. The molecule has 7 nitrogen and oxygen atoms in total. The Labute approximate surface area is 116 Å². The summed E-state index contributed by atoms with van der Waals surface area (Å²) in [5.74, 6) is -1.39. The van der Waals surface area contributed by atoms with E-state index in [2.05, 4.69) is 5.32 Å². The maximum atomic E-state index is 11.4. The number of hydrogen-bond donors (Lipinski definition) is 3. The Hall–Kier alpha value is -1.85. The Bertz CT molecular complexity index is 512. The first-order valence-corrected chi connectivity index (χ1v) is 8.06. The van der Waals surface area contributed by atoms with Crippen LogP contribution in [0.5, 0.6) is 0 Å². The van der Waals surface area contributed by atoms with Crippen LogP contribution in [-0.4, -0.2) is 40.9 Å². The van der Waals surface area contributed by atoms with Gasteiger partial charge in [0.1, 0.15) is 12.6 Å². The lowest BCUT2D eigenvalue weighted by Gasteiger charge is -2.15. The van der Waals surface area contributed by atoms with Gasteiger partial charge in [0.05, 0.1) is 6.16 Å². The topological polar surface area (TPSA) is 113 Å². The lowest BCUT2D eigenvalue weighted by molar-refractivity contribution is -0.138. The third-order valence-electron chi connectivity index (χ3n) is 2.32. The van der Waals surface area contributed by atoms with E-state index in [1.165, 1.54) is 0 Å². The van der Waals surface area contributed by atoms with E-state index >= 15 is 0 Å². The van der Waals surface area contributed by atoms with Crippen molar-refractivity contribution in [1.29, 1.82) is 0 Å². The van der Waals surface area contributed by atoms with Gasteiger partial charge in [-0.2, -0.15) is 0 Å². The van der Waals surface area contributed by atoms with E-state index in [-0.39, 0.29) is 6.61 Å². The van der Waals surface area contributed by atoms with Crippen LogP contribution in [0.15, 0.2) is 30.3 Å². The fraction of sp³-hybridized carbons (Fsp3) is 0.333. The molecule has 3 N–H and O–H groups in total. The minimum atomic E-state index is -3.56. The first-order chi connectivity index (χ1) is 9.28. The number of ether oxygens (including phenoxy) is 1. The third-order valence-corrected chi connectivity index (χ3v) is 3.37. The molecule has 0 fully saturated rings. The van der Waals surface area contributed by atoms with E-state index in [1.807, 2.05) is 6.07 Å². The van der Waals surface area contributed by atoms with Crippen molar-refractivity contribution in [2.45, 2.75) is 12.6 Å². The molecule has 0 heterocycles. The summed E-state index contributed by atoms with van der Waals surface area (Å²) in [5.41, 5.74) is 0.748. The Balaban J connectivity index is 2.50. The highest BCUT2D eigenvalue weighted by atomic mass is 31.2. The van der Waals surface area contributed by atoms with Gasteiger partial charge in [-0.1, -0.05) is 30.3 Å². The molecule has 0 bridgehead atoms. The van der Waals surface area contributed by atoms with Crippen molar-refractivity contribution < 1.29 is 28.9 Å². The van der Waals surface area contributed by atoms with Gasteiger partial charge in [-0.15, -0.1) is 0 Å². The SMILES string of the molecule is CP(=O)(O)CC(NC(=O)OCc1ccccc1)C(=O)O. The molecule has 1 rings (SSSR count). The van der Waals surface area contributed by atoms with E-state index in [0.717, 1.165) is 12.2 Å². The Morgan fingerprint density at radius 2 is 1.95 bits per heavy atom. The second-order valence-electron chi connectivity index (χ2n) is 4.33. The third kappa shape index (κ3) is 6.36. The van der Waals surface area contributed by atoms with Crippen LogP contribution in [0.25, 0.3) is 0 Å². The van der Waals surface area contributed by atoms with Crippen molar-refractivity contribution in [3.05, 3.63) is 35.9 Å². The number of rotatable bonds is 6. The highest BCUT2D eigenvalue weighted by Gasteiger charge is 2.27. The second kappa shape index (κ2) is 7.07. The fourth-order valence-electron chi connectivity index (χ4n) is 1.43. The summed E-state index contributed by atoms with van der Waals surface area (Å²) in [6, 6.07) is 7.39. The summed E-state index contributed by atoms with van der Waals surface area (Å²) in [7, 11) is -3.56. The van der Waals surface area contributed by atoms with Crippen LogP contribution in [0.1, 0.15) is 5.56 Å². The molecule has 0 aromatic heterocycles. The van der Waals surface area contributed by atoms with Crippen molar-refractivity contribution >= 4 is 19.4 Å². The molecule has 0 saturated carbocycles. The molecule has 0 saturated heterocycles. The number of carbonyl (C=O) groups excluding carboxylic acids is 1. The number of amides is 1. The molecule has 1 aromatic carbocycles. The number of nitrogens with one attached hydrogen (secondary N) is 1. The molecule has 1 aromatic rings. The van der Waals surface area contributed by atoms with Gasteiger partial charge >= 0.3 is 12.1 Å². The zero-order chi connectivity index (χ0) is 15.2. The van der Waals surface area contributed by atoms with Crippen LogP contribution >= 0.6 is 7.37 Å². The molecule has 0 aliphatic rings. The number of carboxylic acid groups (broad SMARTS) is 1. The highest BCUT2D eigenvalue weighted by molar-refractivity contribution is 7.57. The van der Waals surface area contributed by atoms with Gasteiger partial charge in [0.2, 0.25) is 0 Å². The molecule has 110 valence electrons. The molecule has 0 aliphatic carbocycles. The number of benzene rings is 1. The van der Waals surface area contributed by atoms with Gasteiger partial charge in [0.15, 0.2) is 7.37 Å². The largest absolute Gasteiger partial charge is 0.480 e. The van der Waals surface area contributed by atoms with Gasteiger partial charge in [0.25, 0.3) is 0 Å². The molecular weight excluding hydrogens is 285 g/mol. The molecule has 8 heteroatoms. The van der Waals surface area contributed by atoms with Gasteiger partial charge in [-0.3, -0.25) is 4.57 Å². The summed E-state index contributed by atoms with van der Waals surface area (Å²) in [6.07, 6.45) is -1.50. The van der Waals surface area contributed by atoms with Gasteiger partial charge < -0.3 is 20.1 Å². The summed E-state index contributed by atoms with van der Waals surface area (Å²) in [4.78, 5) is 31.5. The zero-order valence-electron chi connectivity index (χ0n) is 10.9. The monoisotopic (exact) mass is 301 g/mol. The standard InChI is InChI=1S/C12H16NO6P/c1-20(17,18)8-10(11(14)15)13-12(16)19-7-9-5-3-2-4-6-9/h2-6,10H,7-8H2,1H3,(H,13,16)(H,14,15)(H,17,18). The van der Waals surface area contributed by atoms with Crippen molar-refractivity contribution in [3.63, 3.8) is 0 Å². The summed E-state index contributed by atoms with van der Waals surface area (Å²) >= 11 is 0. The molecule has 0 radical (unpaired) electrons. The van der Waals surface area contributed by atoms with E-state index in [0.29, 0.717) is 0 Å². The number of carbonyl (C=O) groups is 2. The quantitative estimate of drug-likeness (QED) is 0.682. The maximum Gasteiger partial charge on any atom is 0.408 e. The zero-order valence-corrected chi connectivity index (χ0v) is 11.7. The predicted octanol–water partition coefficient (Wildman–Crippen LogP) is 1.27. The van der Waals surface area contributed by atoms with Gasteiger partial charge in [0, 0.05) is 6.66 Å². The van der Waals surface area contributed by atoms with Crippen LogP contribution in [0.3, 0.4) is 0 Å². The average molecular weight is 301 g/mol. The number of aliphatic carboxylic acids is 1. The van der Waals surface area contributed by atoms with E-state index < -0.39 is 31.6 Å². The second-order valence-corrected chi connectivity index (χ2v) is 6.80. The van der Waals surface area contributed by atoms with E-state index in [1.54, 1.807) is 24.3 Å². The molecule has 2 atom stereocenters. The van der Waals surface area contributed by atoms with Crippen molar-refractivity contribution in [3.8, 4) is 0 Å². The van der Waals surface area contributed by atoms with Crippen molar-refractivity contribution in [1.82, 2.24) is 5.32 Å². The van der Waals surface area contributed by atoms with E-state index in [4.69, 9.17) is 14.7 Å². The molecule has 0 aliphatic heterocycles. The Morgan fingerprint density at radius 3 is 2.45 bits per heavy atom. The lowest BCUT2D eigenvalue weighted by atomic mass is 10.2. The number of carboxylic acids is 1. The summed E-state index contributed by atoms with van der Waals surface area (Å²) in [5, 5.41) is 10.9. The van der Waals surface area contributed by atoms with E-state index in [9.17, 15) is 14.2 Å². The van der Waals surface area contributed by atoms with Crippen LogP contribution < -0.4 is 5.32 Å². The molecule has 1 amide bonds. The van der Waals surface area contributed by atoms with Crippen LogP contribution in [-0.2, 0) is 20.7 Å². The normalized spacial score (nSPS) is 14.9. The van der Waals surface area contributed by atoms with Crippen molar-refractivity contribution in [2.75, 3.05) is 12.8 Å². The highest BCUT2D eigenvalue weighted by Crippen LogP contribution is 2.35. The van der Waals surface area contributed by atoms with Crippen molar-refractivity contribution in [2.24, 2.45) is 0 Å². The molecule has 0 spiro atoms. The Kier molecular flexibility index (Phi) is 5.73. The smallest absolute Gasteiger partial charge is 0.408 e. The fourth-order valence-corrected chi connectivity index (χ4v) is 2.36. The van der Waals surface area contributed by atoms with Gasteiger partial charge in [-0.25, -0.2) is 9.59 Å². The molecular formula is C12H16NO6P. The first kappa shape index (κ1) is 16.2. The van der Waals surface area contributed by atoms with Crippen LogP contribution in [0.4, 0.5) is 4.79 Å². The summed E-state index contributed by atoms with van der Waals surface area (Å²) in [6.45, 7) is 1.02. The maximum absolute atomic E-state index is 11.4. The van der Waals surface area contributed by atoms with Gasteiger partial charge in [-0.05, 0) is 5.56 Å².